The predicted molar refractivity (Wildman–Crippen MR) is 136 cm³/mol. The number of ether oxygens (including phenoxy) is 3. The number of nitrogens with zero attached hydrogens (tertiary/aromatic N) is 1. The highest BCUT2D eigenvalue weighted by molar-refractivity contribution is 6.51. The third-order valence-electron chi connectivity index (χ3n) is 6.40. The normalized spacial score (nSPS) is 18.1. The number of amides is 1. The second-order valence-corrected chi connectivity index (χ2v) is 8.65. The Morgan fingerprint density at radius 3 is 2.35 bits per heavy atom. The molecule has 0 aromatic heterocycles. The molecule has 8 heteroatoms. The quantitative estimate of drug-likeness (QED) is 0.237. The molecule has 2 aliphatic rings. The number of aliphatic hydroxyl groups is 1. The number of rotatable bonds is 5. The van der Waals surface area contributed by atoms with E-state index in [2.05, 4.69) is 0 Å². The van der Waals surface area contributed by atoms with Crippen LogP contribution in [0.4, 0.5) is 5.69 Å². The van der Waals surface area contributed by atoms with E-state index in [-0.39, 0.29) is 17.9 Å². The van der Waals surface area contributed by atoms with Crippen molar-refractivity contribution in [2.24, 2.45) is 0 Å². The molecular weight excluding hydrogens is 474 g/mol. The van der Waals surface area contributed by atoms with Crippen LogP contribution < -0.4 is 14.4 Å². The number of hydrogen-bond donors (Lipinski definition) is 1. The van der Waals surface area contributed by atoms with Crippen molar-refractivity contribution >= 4 is 29.1 Å². The maximum absolute atomic E-state index is 13.4. The van der Waals surface area contributed by atoms with E-state index in [4.69, 9.17) is 14.2 Å². The number of esters is 1. The van der Waals surface area contributed by atoms with Crippen LogP contribution in [0.3, 0.4) is 0 Å². The molecule has 0 aliphatic carbocycles. The van der Waals surface area contributed by atoms with Crippen LogP contribution in [0.1, 0.15) is 40.0 Å². The average Bonchev–Trinajstić information content (AvgIpc) is 3.18. The first-order chi connectivity index (χ1) is 17.9. The van der Waals surface area contributed by atoms with E-state index >= 15 is 0 Å². The van der Waals surface area contributed by atoms with Gasteiger partial charge in [-0.15, -0.1) is 0 Å². The fourth-order valence-electron chi connectivity index (χ4n) is 4.61. The lowest BCUT2D eigenvalue weighted by atomic mass is 9.92. The van der Waals surface area contributed by atoms with Crippen molar-refractivity contribution < 1.29 is 33.7 Å². The number of Topliss-reactive ketones (excluding diaryl/α,β-unsaturated/α-hetero) is 1. The molecule has 8 nitrogen and oxygen atoms in total. The Bertz CT molecular complexity index is 1420. The van der Waals surface area contributed by atoms with Gasteiger partial charge < -0.3 is 19.3 Å². The molecule has 37 heavy (non-hydrogen) atoms. The van der Waals surface area contributed by atoms with Crippen LogP contribution in [-0.2, 0) is 14.3 Å². The van der Waals surface area contributed by atoms with Gasteiger partial charge in [-0.3, -0.25) is 14.5 Å². The predicted octanol–water partition coefficient (Wildman–Crippen LogP) is 4.57. The molecule has 2 heterocycles. The summed E-state index contributed by atoms with van der Waals surface area (Å²) in [5.41, 5.74) is 2.56. The summed E-state index contributed by atoms with van der Waals surface area (Å²) in [6, 6.07) is 17.6. The Kier molecular flexibility index (Phi) is 6.40. The number of hydrogen-bond acceptors (Lipinski definition) is 7. The van der Waals surface area contributed by atoms with Crippen molar-refractivity contribution in [2.75, 3.05) is 24.7 Å². The molecule has 3 aromatic carbocycles. The van der Waals surface area contributed by atoms with Gasteiger partial charge in [0.15, 0.2) is 11.5 Å². The van der Waals surface area contributed by atoms with E-state index in [1.54, 1.807) is 49.4 Å². The molecule has 1 atom stereocenters. The average molecular weight is 500 g/mol. The van der Waals surface area contributed by atoms with Gasteiger partial charge in [0.2, 0.25) is 0 Å². The van der Waals surface area contributed by atoms with Crippen LogP contribution in [0.25, 0.3) is 5.76 Å². The summed E-state index contributed by atoms with van der Waals surface area (Å²) in [6.45, 7) is 4.62. The zero-order valence-corrected chi connectivity index (χ0v) is 20.4. The molecule has 1 unspecified atom stereocenters. The lowest BCUT2D eigenvalue weighted by molar-refractivity contribution is -0.132. The smallest absolute Gasteiger partial charge is 0.338 e. The molecule has 1 amide bonds. The summed E-state index contributed by atoms with van der Waals surface area (Å²) in [4.78, 5) is 40.3. The van der Waals surface area contributed by atoms with Gasteiger partial charge in [-0.25, -0.2) is 4.79 Å². The summed E-state index contributed by atoms with van der Waals surface area (Å²) < 4.78 is 16.2. The van der Waals surface area contributed by atoms with E-state index in [1.165, 1.54) is 4.90 Å². The second-order valence-electron chi connectivity index (χ2n) is 8.65. The summed E-state index contributed by atoms with van der Waals surface area (Å²) in [5.74, 6) is -1.39. The van der Waals surface area contributed by atoms with Gasteiger partial charge in [-0.2, -0.15) is 0 Å². The number of carbonyl (C=O) groups is 3. The van der Waals surface area contributed by atoms with Crippen LogP contribution in [-0.4, -0.2) is 42.6 Å². The Balaban J connectivity index is 1.64. The van der Waals surface area contributed by atoms with Crippen LogP contribution in [0.15, 0.2) is 72.3 Å². The first kappa shape index (κ1) is 24.1. The van der Waals surface area contributed by atoms with Crippen LogP contribution >= 0.6 is 0 Å². The van der Waals surface area contributed by atoms with Crippen molar-refractivity contribution in [3.63, 3.8) is 0 Å². The fourth-order valence-corrected chi connectivity index (χ4v) is 4.61. The summed E-state index contributed by atoms with van der Waals surface area (Å²) in [5, 5.41) is 11.4. The Morgan fingerprint density at radius 2 is 1.65 bits per heavy atom. The number of ketones is 1. The molecule has 3 aromatic rings. The highest BCUT2D eigenvalue weighted by Crippen LogP contribution is 2.44. The zero-order valence-electron chi connectivity index (χ0n) is 20.4. The number of aliphatic hydroxyl groups excluding tert-OH is 1. The molecular formula is C29H25NO7. The van der Waals surface area contributed by atoms with Crippen molar-refractivity contribution in [2.45, 2.75) is 19.9 Å². The minimum Gasteiger partial charge on any atom is -0.507 e. The largest absolute Gasteiger partial charge is 0.507 e. The molecule has 2 aliphatic heterocycles. The van der Waals surface area contributed by atoms with Crippen LogP contribution in [0.5, 0.6) is 11.5 Å². The lowest BCUT2D eigenvalue weighted by Crippen LogP contribution is -2.29. The molecule has 0 spiro atoms. The van der Waals surface area contributed by atoms with E-state index in [1.807, 2.05) is 31.2 Å². The van der Waals surface area contributed by atoms with Crippen LogP contribution in [0, 0.1) is 6.92 Å². The maximum Gasteiger partial charge on any atom is 0.338 e. The number of fused-ring (bicyclic) bond motifs is 1. The molecule has 1 saturated heterocycles. The standard InChI is InChI=1S/C29H25NO7/c1-3-35-29(34)18-8-11-20(12-9-18)30-25(21-7-5-4-6-17(21)2)24(27(32)28(30)33)26(31)19-10-13-22-23(16-19)37-15-14-36-22/h4-13,16,25,31H,3,14-15H2,1-2H3/b26-24+. The second kappa shape index (κ2) is 9.81. The Morgan fingerprint density at radius 1 is 0.973 bits per heavy atom. The van der Waals surface area contributed by atoms with Gasteiger partial charge >= 0.3 is 5.97 Å². The summed E-state index contributed by atoms with van der Waals surface area (Å²) in [7, 11) is 0. The third-order valence-corrected chi connectivity index (χ3v) is 6.40. The highest BCUT2D eigenvalue weighted by Gasteiger charge is 2.47. The van der Waals surface area contributed by atoms with E-state index in [0.717, 1.165) is 5.56 Å². The van der Waals surface area contributed by atoms with Crippen LogP contribution in [0.2, 0.25) is 0 Å². The maximum atomic E-state index is 13.4. The number of aryl methyl sites for hydroxylation is 1. The highest BCUT2D eigenvalue weighted by atomic mass is 16.6. The van der Waals surface area contributed by atoms with Gasteiger partial charge in [0, 0.05) is 11.3 Å². The van der Waals surface area contributed by atoms with E-state index < -0.39 is 23.7 Å². The van der Waals surface area contributed by atoms with E-state index in [0.29, 0.717) is 47.1 Å². The molecule has 1 N–H and O–H groups in total. The lowest BCUT2D eigenvalue weighted by Gasteiger charge is -2.27. The Hall–Kier alpha value is -4.59. The van der Waals surface area contributed by atoms with Crippen molar-refractivity contribution in [3.05, 3.63) is 94.6 Å². The van der Waals surface area contributed by atoms with Crippen molar-refractivity contribution in [1.29, 1.82) is 0 Å². The Labute approximate surface area is 213 Å². The van der Waals surface area contributed by atoms with Gasteiger partial charge in [0.1, 0.15) is 19.0 Å². The van der Waals surface area contributed by atoms with Gasteiger partial charge in [-0.1, -0.05) is 24.3 Å². The number of benzene rings is 3. The van der Waals surface area contributed by atoms with E-state index in [9.17, 15) is 19.5 Å². The SMILES string of the molecule is CCOC(=O)c1ccc(N2C(=O)C(=O)/C(=C(/O)c3ccc4c(c3)OCCO4)C2c2ccccc2C)cc1. The fraction of sp³-hybridized carbons (Fsp3) is 0.207. The summed E-state index contributed by atoms with van der Waals surface area (Å²) in [6.07, 6.45) is 0. The number of carbonyl (C=O) groups excluding carboxylic acids is 3. The molecule has 1 fully saturated rings. The number of anilines is 1. The van der Waals surface area contributed by atoms with Crippen molar-refractivity contribution in [1.82, 2.24) is 0 Å². The molecule has 188 valence electrons. The molecule has 0 saturated carbocycles. The minimum absolute atomic E-state index is 0.0366. The minimum atomic E-state index is -0.886. The van der Waals surface area contributed by atoms with Gasteiger partial charge in [0.25, 0.3) is 11.7 Å². The molecule has 5 rings (SSSR count). The first-order valence-corrected chi connectivity index (χ1v) is 11.9. The zero-order chi connectivity index (χ0) is 26.1. The third kappa shape index (κ3) is 4.31. The topological polar surface area (TPSA) is 102 Å². The van der Waals surface area contributed by atoms with Gasteiger partial charge in [0.05, 0.1) is 23.8 Å². The first-order valence-electron chi connectivity index (χ1n) is 11.9. The monoisotopic (exact) mass is 499 g/mol. The summed E-state index contributed by atoms with van der Waals surface area (Å²) >= 11 is 0. The van der Waals surface area contributed by atoms with Gasteiger partial charge in [-0.05, 0) is 67.4 Å². The molecule has 0 radical (unpaired) electrons. The molecule has 0 bridgehead atoms. The van der Waals surface area contributed by atoms with Crippen molar-refractivity contribution in [3.8, 4) is 11.5 Å².